The summed E-state index contributed by atoms with van der Waals surface area (Å²) in [7, 11) is 1.63. The third-order valence-corrected chi connectivity index (χ3v) is 2.77. The van der Waals surface area contributed by atoms with Crippen LogP contribution in [-0.4, -0.2) is 22.2 Å². The SMILES string of the molecule is CN(C#N)c1ccc(-c2ccc3ncoc3c2)nn1. The molecular weight excluding hydrogens is 242 g/mol. The number of nitrogens with zero attached hydrogens (tertiary/aromatic N) is 5. The first-order valence-corrected chi connectivity index (χ1v) is 5.59. The van der Waals surface area contributed by atoms with Gasteiger partial charge in [0.2, 0.25) is 0 Å². The quantitative estimate of drug-likeness (QED) is 0.513. The molecule has 1 aromatic carbocycles. The number of benzene rings is 1. The first-order valence-electron chi connectivity index (χ1n) is 5.59. The van der Waals surface area contributed by atoms with Crippen LogP contribution >= 0.6 is 0 Å². The summed E-state index contributed by atoms with van der Waals surface area (Å²) in [6.07, 6.45) is 3.38. The Morgan fingerprint density at radius 3 is 2.84 bits per heavy atom. The van der Waals surface area contributed by atoms with E-state index in [9.17, 15) is 0 Å². The predicted molar refractivity (Wildman–Crippen MR) is 69.1 cm³/mol. The number of aromatic nitrogens is 3. The maximum atomic E-state index is 8.76. The Morgan fingerprint density at radius 1 is 1.21 bits per heavy atom. The van der Waals surface area contributed by atoms with Gasteiger partial charge in [-0.1, -0.05) is 6.07 Å². The zero-order chi connectivity index (χ0) is 13.2. The number of hydrogen-bond donors (Lipinski definition) is 0. The minimum Gasteiger partial charge on any atom is -0.443 e. The van der Waals surface area contributed by atoms with Gasteiger partial charge >= 0.3 is 0 Å². The fraction of sp³-hybridized carbons (Fsp3) is 0.0769. The Kier molecular flexibility index (Phi) is 2.58. The summed E-state index contributed by atoms with van der Waals surface area (Å²) >= 11 is 0. The van der Waals surface area contributed by atoms with Crippen molar-refractivity contribution in [3.05, 3.63) is 36.7 Å². The maximum Gasteiger partial charge on any atom is 0.185 e. The predicted octanol–water partition coefficient (Wildman–Crippen LogP) is 2.20. The second kappa shape index (κ2) is 4.38. The highest BCUT2D eigenvalue weighted by molar-refractivity contribution is 5.78. The number of fused-ring (bicyclic) bond motifs is 1. The minimum absolute atomic E-state index is 0.506. The van der Waals surface area contributed by atoms with Crippen LogP contribution in [0.2, 0.25) is 0 Å². The zero-order valence-electron chi connectivity index (χ0n) is 10.1. The molecular formula is C13H9N5O. The van der Waals surface area contributed by atoms with Crippen LogP contribution in [0.5, 0.6) is 0 Å². The number of anilines is 1. The molecule has 0 fully saturated rings. The molecule has 0 atom stereocenters. The monoisotopic (exact) mass is 251 g/mol. The Bertz CT molecular complexity index is 757. The van der Waals surface area contributed by atoms with Gasteiger partial charge in [0.25, 0.3) is 0 Å². The van der Waals surface area contributed by atoms with E-state index in [4.69, 9.17) is 9.68 Å². The molecule has 0 spiro atoms. The topological polar surface area (TPSA) is 78.8 Å². The molecule has 19 heavy (non-hydrogen) atoms. The minimum atomic E-state index is 0.506. The molecule has 0 aliphatic rings. The lowest BCUT2D eigenvalue weighted by Crippen LogP contribution is -2.10. The van der Waals surface area contributed by atoms with Crippen LogP contribution < -0.4 is 4.90 Å². The summed E-state index contributed by atoms with van der Waals surface area (Å²) in [6, 6.07) is 9.19. The number of hydrogen-bond acceptors (Lipinski definition) is 6. The van der Waals surface area contributed by atoms with E-state index < -0.39 is 0 Å². The van der Waals surface area contributed by atoms with Gasteiger partial charge in [0.15, 0.2) is 24.0 Å². The van der Waals surface area contributed by atoms with Crippen molar-refractivity contribution in [2.75, 3.05) is 11.9 Å². The molecule has 0 saturated heterocycles. The lowest BCUT2D eigenvalue weighted by atomic mass is 10.1. The van der Waals surface area contributed by atoms with Crippen molar-refractivity contribution in [3.8, 4) is 17.5 Å². The van der Waals surface area contributed by atoms with Crippen LogP contribution in [0.1, 0.15) is 0 Å². The average Bonchev–Trinajstić information content (AvgIpc) is 2.94. The van der Waals surface area contributed by atoms with Crippen molar-refractivity contribution < 1.29 is 4.42 Å². The zero-order valence-corrected chi connectivity index (χ0v) is 10.1. The Labute approximate surface area is 108 Å². The van der Waals surface area contributed by atoms with Gasteiger partial charge in [-0.25, -0.2) is 4.98 Å². The van der Waals surface area contributed by atoms with Crippen LogP contribution in [0.15, 0.2) is 41.1 Å². The molecule has 0 aliphatic carbocycles. The van der Waals surface area contributed by atoms with Crippen LogP contribution in [0.4, 0.5) is 5.82 Å². The average molecular weight is 251 g/mol. The van der Waals surface area contributed by atoms with E-state index >= 15 is 0 Å². The molecule has 0 saturated carbocycles. The summed E-state index contributed by atoms with van der Waals surface area (Å²) in [6.45, 7) is 0. The molecule has 6 nitrogen and oxygen atoms in total. The van der Waals surface area contributed by atoms with Crippen LogP contribution in [-0.2, 0) is 0 Å². The van der Waals surface area contributed by atoms with Gasteiger partial charge in [-0.2, -0.15) is 5.26 Å². The number of nitriles is 1. The molecule has 6 heteroatoms. The smallest absolute Gasteiger partial charge is 0.185 e. The van der Waals surface area contributed by atoms with Gasteiger partial charge < -0.3 is 4.42 Å². The summed E-state index contributed by atoms with van der Waals surface area (Å²) in [4.78, 5) is 5.40. The number of oxazole rings is 1. The van der Waals surface area contributed by atoms with E-state index in [2.05, 4.69) is 15.2 Å². The van der Waals surface area contributed by atoms with Gasteiger partial charge in [0.05, 0.1) is 5.69 Å². The van der Waals surface area contributed by atoms with Crippen molar-refractivity contribution in [1.82, 2.24) is 15.2 Å². The maximum absolute atomic E-state index is 8.76. The summed E-state index contributed by atoms with van der Waals surface area (Å²) in [5.74, 6) is 0.506. The van der Waals surface area contributed by atoms with Gasteiger partial charge in [0, 0.05) is 12.6 Å². The highest BCUT2D eigenvalue weighted by Gasteiger charge is 2.06. The van der Waals surface area contributed by atoms with E-state index in [1.807, 2.05) is 30.5 Å². The molecule has 0 amide bonds. The van der Waals surface area contributed by atoms with Crippen LogP contribution in [0.3, 0.4) is 0 Å². The Balaban J connectivity index is 1.99. The molecule has 0 radical (unpaired) electrons. The molecule has 3 aromatic rings. The van der Waals surface area contributed by atoms with Gasteiger partial charge in [0.1, 0.15) is 5.52 Å². The van der Waals surface area contributed by atoms with Crippen molar-refractivity contribution in [2.24, 2.45) is 0 Å². The van der Waals surface area contributed by atoms with E-state index in [1.165, 1.54) is 11.3 Å². The fourth-order valence-electron chi connectivity index (χ4n) is 1.72. The Hall–Kier alpha value is -2.94. The normalized spacial score (nSPS) is 10.3. The second-order valence-corrected chi connectivity index (χ2v) is 3.97. The van der Waals surface area contributed by atoms with E-state index in [0.717, 1.165) is 11.1 Å². The van der Waals surface area contributed by atoms with Crippen LogP contribution in [0, 0.1) is 11.5 Å². The van der Waals surface area contributed by atoms with E-state index in [0.29, 0.717) is 17.1 Å². The molecule has 3 rings (SSSR count). The molecule has 2 aromatic heterocycles. The highest BCUT2D eigenvalue weighted by Crippen LogP contribution is 2.22. The molecule has 92 valence electrons. The van der Waals surface area contributed by atoms with Crippen molar-refractivity contribution in [3.63, 3.8) is 0 Å². The summed E-state index contributed by atoms with van der Waals surface area (Å²) in [5.41, 5.74) is 3.12. The molecule has 0 N–H and O–H groups in total. The largest absolute Gasteiger partial charge is 0.443 e. The van der Waals surface area contributed by atoms with E-state index in [-0.39, 0.29) is 0 Å². The Morgan fingerprint density at radius 2 is 2.11 bits per heavy atom. The summed E-state index contributed by atoms with van der Waals surface area (Å²) < 4.78 is 5.25. The van der Waals surface area contributed by atoms with Crippen molar-refractivity contribution >= 4 is 16.9 Å². The first-order chi connectivity index (χ1) is 9.28. The highest BCUT2D eigenvalue weighted by atomic mass is 16.3. The van der Waals surface area contributed by atoms with Crippen molar-refractivity contribution in [2.45, 2.75) is 0 Å². The standard InChI is InChI=1S/C13H9N5O/c1-18(7-14)13-5-4-10(16-17-13)9-2-3-11-12(6-9)19-8-15-11/h2-6,8H,1H3. The number of rotatable bonds is 2. The third-order valence-electron chi connectivity index (χ3n) is 2.77. The first kappa shape index (κ1) is 11.2. The van der Waals surface area contributed by atoms with Gasteiger partial charge in [-0.05, 0) is 24.3 Å². The molecule has 0 aliphatic heterocycles. The van der Waals surface area contributed by atoms with Gasteiger partial charge in [-0.3, -0.25) is 4.90 Å². The fourth-order valence-corrected chi connectivity index (χ4v) is 1.72. The third kappa shape index (κ3) is 1.98. The lowest BCUT2D eigenvalue weighted by Gasteiger charge is -2.06. The van der Waals surface area contributed by atoms with Gasteiger partial charge in [-0.15, -0.1) is 10.2 Å². The lowest BCUT2D eigenvalue weighted by molar-refractivity contribution is 0.602. The van der Waals surface area contributed by atoms with Crippen molar-refractivity contribution in [1.29, 1.82) is 5.26 Å². The van der Waals surface area contributed by atoms with E-state index in [1.54, 1.807) is 13.1 Å². The van der Waals surface area contributed by atoms with Crippen LogP contribution in [0.25, 0.3) is 22.4 Å². The molecule has 0 bridgehead atoms. The molecule has 2 heterocycles. The molecule has 0 unspecified atom stereocenters. The second-order valence-electron chi connectivity index (χ2n) is 3.97. The summed E-state index contributed by atoms with van der Waals surface area (Å²) in [5, 5.41) is 16.9.